The Morgan fingerprint density at radius 2 is 1.90 bits per heavy atom. The maximum absolute atomic E-state index is 12.5. The summed E-state index contributed by atoms with van der Waals surface area (Å²) in [4.78, 5) is 24.1. The van der Waals surface area contributed by atoms with Crippen molar-refractivity contribution in [3.63, 3.8) is 0 Å². The Kier molecular flexibility index (Phi) is 6.61. The van der Waals surface area contributed by atoms with Crippen molar-refractivity contribution in [1.29, 1.82) is 0 Å². The normalized spacial score (nSPS) is 21.4. The number of para-hydroxylation sites is 1. The predicted molar refractivity (Wildman–Crippen MR) is 116 cm³/mol. The van der Waals surface area contributed by atoms with Crippen LogP contribution in [0.3, 0.4) is 0 Å². The molecule has 2 bridgehead atoms. The molecule has 162 valence electrons. The van der Waals surface area contributed by atoms with Gasteiger partial charge < -0.3 is 31.1 Å². The van der Waals surface area contributed by atoms with Gasteiger partial charge in [-0.2, -0.15) is 0 Å². The molecule has 1 heterocycles. The topological polar surface area (TPSA) is 139 Å². The summed E-state index contributed by atoms with van der Waals surface area (Å²) < 4.78 is 0. The van der Waals surface area contributed by atoms with Crippen LogP contribution < -0.4 is 10.6 Å². The van der Waals surface area contributed by atoms with Crippen molar-refractivity contribution >= 4 is 23.3 Å². The molecule has 0 fully saturated rings. The molecule has 1 aliphatic heterocycles. The Morgan fingerprint density at radius 3 is 2.65 bits per heavy atom. The van der Waals surface area contributed by atoms with Crippen LogP contribution in [0.4, 0.5) is 11.4 Å². The largest absolute Gasteiger partial charge is 0.508 e. The Morgan fingerprint density at radius 1 is 1.16 bits per heavy atom. The lowest BCUT2D eigenvalue weighted by Crippen LogP contribution is -2.29. The number of hydrogen-bond acceptors (Lipinski definition) is 6. The van der Waals surface area contributed by atoms with Gasteiger partial charge >= 0.3 is 5.97 Å². The van der Waals surface area contributed by atoms with Crippen LogP contribution in [0.25, 0.3) is 0 Å². The van der Waals surface area contributed by atoms with Crippen molar-refractivity contribution in [3.8, 4) is 11.5 Å². The zero-order chi connectivity index (χ0) is 22.5. The molecule has 1 aliphatic rings. The van der Waals surface area contributed by atoms with E-state index in [9.17, 15) is 30.0 Å². The molecule has 0 aromatic heterocycles. The van der Waals surface area contributed by atoms with Crippen molar-refractivity contribution in [2.75, 3.05) is 10.6 Å². The Labute approximate surface area is 179 Å². The zero-order valence-corrected chi connectivity index (χ0v) is 16.8. The second-order valence-electron chi connectivity index (χ2n) is 7.30. The fourth-order valence-corrected chi connectivity index (χ4v) is 3.29. The van der Waals surface area contributed by atoms with Gasteiger partial charge in [0.25, 0.3) is 0 Å². The monoisotopic (exact) mass is 424 g/mol. The van der Waals surface area contributed by atoms with Gasteiger partial charge in [-0.05, 0) is 24.6 Å². The van der Waals surface area contributed by atoms with E-state index in [-0.39, 0.29) is 28.3 Å². The highest BCUT2D eigenvalue weighted by molar-refractivity contribution is 5.95. The van der Waals surface area contributed by atoms with Crippen LogP contribution in [0.5, 0.6) is 11.5 Å². The van der Waals surface area contributed by atoms with Crippen molar-refractivity contribution in [1.82, 2.24) is 0 Å². The molecule has 3 unspecified atom stereocenters. The number of aliphatic hydroxyl groups excluding tert-OH is 1. The molecule has 0 saturated carbocycles. The maximum atomic E-state index is 12.5. The number of aliphatic hydroxyl groups is 1. The number of anilines is 2. The lowest BCUT2D eigenvalue weighted by molar-refractivity contribution is -0.121. The van der Waals surface area contributed by atoms with E-state index < -0.39 is 29.9 Å². The van der Waals surface area contributed by atoms with E-state index in [4.69, 9.17) is 0 Å². The number of aromatic carboxylic acids is 1. The summed E-state index contributed by atoms with van der Waals surface area (Å²) in [6, 6.07) is 8.29. The summed E-state index contributed by atoms with van der Waals surface area (Å²) in [5.74, 6) is -2.90. The quantitative estimate of drug-likeness (QED) is 0.328. The van der Waals surface area contributed by atoms with Crippen molar-refractivity contribution in [3.05, 3.63) is 71.8 Å². The minimum absolute atomic E-state index is 0.00965. The molecule has 2 aromatic carbocycles. The average Bonchev–Trinajstić information content (AvgIpc) is 2.74. The van der Waals surface area contributed by atoms with E-state index in [0.29, 0.717) is 12.1 Å². The molecule has 2 aromatic rings. The number of aromatic hydroxyl groups is 2. The number of phenolic OH excluding ortho intramolecular Hbond substituents is 2. The Bertz CT molecular complexity index is 1050. The molecule has 3 atom stereocenters. The number of carboxylic acids is 1. The third-order valence-corrected chi connectivity index (χ3v) is 5.10. The van der Waals surface area contributed by atoms with E-state index in [2.05, 4.69) is 10.6 Å². The highest BCUT2D eigenvalue weighted by atomic mass is 16.4. The molecule has 1 amide bonds. The van der Waals surface area contributed by atoms with Crippen molar-refractivity contribution < 1.29 is 30.0 Å². The van der Waals surface area contributed by atoms with Gasteiger partial charge in [0.05, 0.1) is 29.3 Å². The number of nitrogens with one attached hydrogen (secondary N) is 2. The smallest absolute Gasteiger partial charge is 0.337 e. The number of carboxylic acid groups (broad SMARTS) is 1. The van der Waals surface area contributed by atoms with Crippen LogP contribution in [-0.2, 0) is 4.79 Å². The van der Waals surface area contributed by atoms with E-state index in [0.717, 1.165) is 0 Å². The number of phenols is 2. The molecule has 0 radical (unpaired) electrons. The first-order chi connectivity index (χ1) is 14.8. The molecule has 0 spiro atoms. The minimum atomic E-state index is -1.11. The second-order valence-corrected chi connectivity index (χ2v) is 7.30. The highest BCUT2D eigenvalue weighted by Crippen LogP contribution is 2.39. The first-order valence-electron chi connectivity index (χ1n) is 9.75. The number of fused-ring (bicyclic) bond motifs is 2. The predicted octanol–water partition coefficient (Wildman–Crippen LogP) is 3.40. The average molecular weight is 424 g/mol. The number of allylic oxidation sites excluding steroid dienone is 2. The van der Waals surface area contributed by atoms with Gasteiger partial charge in [-0.3, -0.25) is 4.79 Å². The third-order valence-electron chi connectivity index (χ3n) is 5.10. The van der Waals surface area contributed by atoms with Gasteiger partial charge in [0.2, 0.25) is 5.91 Å². The van der Waals surface area contributed by atoms with Gasteiger partial charge in [-0.1, -0.05) is 43.4 Å². The van der Waals surface area contributed by atoms with Gasteiger partial charge in [0.1, 0.15) is 11.5 Å². The number of rotatable bonds is 3. The fraction of sp³-hybridized carbons (Fsp3) is 0.217. The summed E-state index contributed by atoms with van der Waals surface area (Å²) >= 11 is 0. The highest BCUT2D eigenvalue weighted by Gasteiger charge is 2.25. The lowest BCUT2D eigenvalue weighted by atomic mass is 9.99. The van der Waals surface area contributed by atoms with Crippen molar-refractivity contribution in [2.24, 2.45) is 5.92 Å². The standard InChI is InChI=1S/C23H24N2O6/c1-13-20(27)10-4-2-3-8-18(24-17-9-6-5-7-15(17)23(30)31)16-11-14(26)12-19(21(16)28)25-22(13)29/h2-7,9-13,18,20,24,26-28H,8H2,1H3,(H,25,29)(H,30,31). The minimum Gasteiger partial charge on any atom is -0.508 e. The summed E-state index contributed by atoms with van der Waals surface area (Å²) in [7, 11) is 0. The van der Waals surface area contributed by atoms with Gasteiger partial charge in [-0.25, -0.2) is 4.79 Å². The van der Waals surface area contributed by atoms with Gasteiger partial charge in [-0.15, -0.1) is 0 Å². The Hall–Kier alpha value is -3.78. The summed E-state index contributed by atoms with van der Waals surface area (Å²) in [6.07, 6.45) is 5.82. The van der Waals surface area contributed by atoms with Gasteiger partial charge in [0.15, 0.2) is 0 Å². The van der Waals surface area contributed by atoms with E-state index in [1.165, 1.54) is 24.3 Å². The van der Waals surface area contributed by atoms with E-state index in [1.54, 1.807) is 43.4 Å². The lowest BCUT2D eigenvalue weighted by Gasteiger charge is -2.23. The van der Waals surface area contributed by atoms with Crippen molar-refractivity contribution in [2.45, 2.75) is 25.5 Å². The number of hydrogen-bond donors (Lipinski definition) is 6. The molecule has 0 saturated heterocycles. The van der Waals surface area contributed by atoms with Crippen LogP contribution in [0.2, 0.25) is 0 Å². The number of carbonyl (C=O) groups is 2. The zero-order valence-electron chi connectivity index (χ0n) is 16.8. The summed E-state index contributed by atoms with van der Waals surface area (Å²) in [5, 5.41) is 46.3. The summed E-state index contributed by atoms with van der Waals surface area (Å²) in [5.41, 5.74) is 0.659. The SMILES string of the molecule is CC1C(=O)Nc2cc(O)cc(c2O)C(Nc2ccccc2C(=O)O)CC=CC=CC1O. The number of carbonyl (C=O) groups excluding carboxylic acids is 1. The van der Waals surface area contributed by atoms with Gasteiger partial charge in [0, 0.05) is 17.3 Å². The van der Waals surface area contributed by atoms with E-state index >= 15 is 0 Å². The fourth-order valence-electron chi connectivity index (χ4n) is 3.29. The molecule has 31 heavy (non-hydrogen) atoms. The second kappa shape index (κ2) is 9.36. The molecule has 6 N–H and O–H groups in total. The molecular formula is C23H24N2O6. The Balaban J connectivity index is 2.09. The van der Waals surface area contributed by atoms with E-state index in [1.807, 2.05) is 0 Å². The van der Waals surface area contributed by atoms with Crippen LogP contribution in [0.1, 0.15) is 35.3 Å². The third kappa shape index (κ3) is 5.04. The first-order valence-corrected chi connectivity index (χ1v) is 9.75. The molecule has 3 rings (SSSR count). The molecule has 8 heteroatoms. The molecular weight excluding hydrogens is 400 g/mol. The van der Waals surface area contributed by atoms with Crippen LogP contribution >= 0.6 is 0 Å². The summed E-state index contributed by atoms with van der Waals surface area (Å²) in [6.45, 7) is 1.54. The number of amides is 1. The maximum Gasteiger partial charge on any atom is 0.337 e. The first kappa shape index (κ1) is 21.9. The van der Waals surface area contributed by atoms with Crippen LogP contribution in [0, 0.1) is 5.92 Å². The molecule has 8 nitrogen and oxygen atoms in total. The van der Waals surface area contributed by atoms with Crippen LogP contribution in [-0.4, -0.2) is 38.4 Å². The number of benzene rings is 2. The molecule has 0 aliphatic carbocycles. The van der Waals surface area contributed by atoms with Crippen LogP contribution in [0.15, 0.2) is 60.7 Å².